The number of thioether (sulfide) groups is 2. The van der Waals surface area contributed by atoms with E-state index in [2.05, 4.69) is 36.1 Å². The smallest absolute Gasteiger partial charge is 0.543 e. The molecule has 4 amide bonds. The zero-order chi connectivity index (χ0) is 31.7. The number of aliphatic carboxylic acids is 1. The van der Waals surface area contributed by atoms with Crippen LogP contribution in [0.25, 0.3) is 0 Å². The van der Waals surface area contributed by atoms with Gasteiger partial charge in [0.15, 0.2) is 0 Å². The number of urea groups is 1. The predicted molar refractivity (Wildman–Crippen MR) is 153 cm³/mol. The molecule has 6 N–H and O–H groups in total. The Labute approximate surface area is 285 Å². The number of hydrogen-bond acceptors (Lipinski definition) is 15. The van der Waals surface area contributed by atoms with Crippen molar-refractivity contribution in [1.82, 2.24) is 40.4 Å². The number of carbonyl (C=O) groups excluding carboxylic acids is 4. The standard InChI is InChI=1S/C24H25N11O7S2.Na/c1-26-23-27-7-13(17(37)29-23)34(22(25)42)15(10-3-5-12(36)6-4-10)18(38)28-14-19(39)35-16(21(40)41)11(8-43-20(14)35)9-44-24-30-31-32-33(24)2;/h3-7,14-15,20,36H,8-9H2,1-2H3,(H2,25,42)(H,28,38)(H,40,41)(H2,26,27,29,37);/q;+1/p-1/t14?,15?,20-;/m0./s1. The predicted octanol–water partition coefficient (Wildman–Crippen LogP) is -4.72. The first-order valence-electron chi connectivity index (χ1n) is 12.7. The van der Waals surface area contributed by atoms with Gasteiger partial charge in [0.25, 0.3) is 5.91 Å². The number of aryl methyl sites for hydroxylation is 1. The van der Waals surface area contributed by atoms with Gasteiger partial charge in [-0.3, -0.25) is 19.4 Å². The summed E-state index contributed by atoms with van der Waals surface area (Å²) in [7, 11) is 3.14. The summed E-state index contributed by atoms with van der Waals surface area (Å²) >= 11 is 2.42. The van der Waals surface area contributed by atoms with Gasteiger partial charge in [-0.25, -0.2) is 14.5 Å². The Morgan fingerprint density at radius 3 is 2.56 bits per heavy atom. The van der Waals surface area contributed by atoms with E-state index in [9.17, 15) is 34.5 Å². The number of aromatic nitrogens is 6. The summed E-state index contributed by atoms with van der Waals surface area (Å²) in [6.45, 7) is 0. The topological polar surface area (TPSA) is 258 Å². The maximum Gasteiger partial charge on any atom is 1.00 e. The SMILES string of the molecule is CNc1ncc(N(C(N)=O)C(C(=O)NC2C(=O)N3C(C(=O)[O-])=C(CSc4nnnn4C)CS[C@@H]23)c2ccc(O)cc2)c(O)n1.[Na+]. The third-order valence-corrected chi connectivity index (χ3v) is 9.12. The molecule has 2 unspecified atom stereocenters. The molecule has 2 aromatic heterocycles. The van der Waals surface area contributed by atoms with Crippen LogP contribution in [0, 0.1) is 0 Å². The Bertz CT molecular complexity index is 1670. The fourth-order valence-corrected chi connectivity index (χ4v) is 6.96. The summed E-state index contributed by atoms with van der Waals surface area (Å²) in [4.78, 5) is 61.7. The van der Waals surface area contributed by atoms with Crippen LogP contribution in [0.5, 0.6) is 11.6 Å². The second-order valence-corrected chi connectivity index (χ2v) is 11.4. The summed E-state index contributed by atoms with van der Waals surface area (Å²) in [6, 6.07) is 1.35. The molecular formula is C24H24N11NaO7S2. The summed E-state index contributed by atoms with van der Waals surface area (Å²) in [5.41, 5.74) is 5.64. The molecule has 230 valence electrons. The first kappa shape index (κ1) is 33.8. The van der Waals surface area contributed by atoms with Crippen molar-refractivity contribution >= 4 is 59.0 Å². The molecule has 3 aromatic rings. The van der Waals surface area contributed by atoms with Crippen molar-refractivity contribution in [2.45, 2.75) is 22.6 Å². The number of anilines is 2. The van der Waals surface area contributed by atoms with Gasteiger partial charge in [0.05, 0.1) is 17.9 Å². The fraction of sp³-hybridized carbons (Fsp3) is 0.292. The molecule has 1 fully saturated rings. The first-order valence-corrected chi connectivity index (χ1v) is 14.7. The van der Waals surface area contributed by atoms with Crippen molar-refractivity contribution in [2.24, 2.45) is 12.8 Å². The van der Waals surface area contributed by atoms with Crippen LogP contribution in [0.3, 0.4) is 0 Å². The molecule has 0 spiro atoms. The monoisotopic (exact) mass is 665 g/mol. The molecule has 4 heterocycles. The number of fused-ring (bicyclic) bond motifs is 1. The van der Waals surface area contributed by atoms with Gasteiger partial charge in [-0.1, -0.05) is 23.9 Å². The Kier molecular flexibility index (Phi) is 10.4. The number of primary amides is 1. The van der Waals surface area contributed by atoms with E-state index < -0.39 is 47.2 Å². The molecule has 1 saturated heterocycles. The molecule has 0 radical (unpaired) electrons. The van der Waals surface area contributed by atoms with Gasteiger partial charge in [0.1, 0.15) is 28.9 Å². The molecule has 2 aliphatic heterocycles. The molecule has 1 aromatic carbocycles. The van der Waals surface area contributed by atoms with Crippen LogP contribution in [0.15, 0.2) is 46.9 Å². The van der Waals surface area contributed by atoms with Crippen molar-refractivity contribution < 1.29 is 64.1 Å². The van der Waals surface area contributed by atoms with E-state index in [1.807, 2.05) is 0 Å². The Balaban J connectivity index is 0.00000461. The first-order chi connectivity index (χ1) is 21.0. The van der Waals surface area contributed by atoms with E-state index in [1.54, 1.807) is 7.05 Å². The normalized spacial score (nSPS) is 17.8. The van der Waals surface area contributed by atoms with Crippen molar-refractivity contribution in [3.63, 3.8) is 0 Å². The molecular weight excluding hydrogens is 641 g/mol. The number of β-lactam (4-membered cyclic amide) rings is 1. The average molecular weight is 666 g/mol. The third-order valence-electron chi connectivity index (χ3n) is 6.68. The number of tetrazole rings is 1. The van der Waals surface area contributed by atoms with Gasteiger partial charge in [0.2, 0.25) is 22.9 Å². The number of nitrogens with one attached hydrogen (secondary N) is 2. The van der Waals surface area contributed by atoms with Crippen LogP contribution >= 0.6 is 23.5 Å². The van der Waals surface area contributed by atoms with E-state index in [1.165, 1.54) is 59.5 Å². The van der Waals surface area contributed by atoms with Gasteiger partial charge in [0, 0.05) is 25.6 Å². The van der Waals surface area contributed by atoms with E-state index >= 15 is 0 Å². The van der Waals surface area contributed by atoms with Gasteiger partial charge >= 0.3 is 35.6 Å². The number of carbonyl (C=O) groups is 4. The number of phenolic OH excluding ortho intramolecular Hbond substituents is 1. The maximum atomic E-state index is 13.8. The number of amides is 4. The molecule has 45 heavy (non-hydrogen) atoms. The average Bonchev–Trinajstić information content (AvgIpc) is 3.41. The molecule has 0 aliphatic carbocycles. The van der Waals surface area contributed by atoms with Crippen LogP contribution in [-0.2, 0) is 21.4 Å². The minimum atomic E-state index is -1.57. The molecule has 18 nitrogen and oxygen atoms in total. The van der Waals surface area contributed by atoms with Gasteiger partial charge in [-0.2, -0.15) is 4.98 Å². The largest absolute Gasteiger partial charge is 1.00 e. The molecule has 2 aliphatic rings. The van der Waals surface area contributed by atoms with Crippen molar-refractivity contribution in [2.75, 3.05) is 28.8 Å². The van der Waals surface area contributed by atoms with Crippen LogP contribution in [0.2, 0.25) is 0 Å². The summed E-state index contributed by atoms with van der Waals surface area (Å²) < 4.78 is 1.42. The van der Waals surface area contributed by atoms with Crippen LogP contribution in [-0.4, -0.2) is 99.1 Å². The van der Waals surface area contributed by atoms with E-state index in [0.717, 1.165) is 16.0 Å². The summed E-state index contributed by atoms with van der Waals surface area (Å²) in [6.07, 6.45) is 1.08. The Morgan fingerprint density at radius 2 is 1.98 bits per heavy atom. The fourth-order valence-electron chi connectivity index (χ4n) is 4.63. The minimum absolute atomic E-state index is 0. The summed E-state index contributed by atoms with van der Waals surface area (Å²) in [5, 5.41) is 48.5. The van der Waals surface area contributed by atoms with E-state index in [-0.39, 0.29) is 69.7 Å². The number of nitrogens with two attached hydrogens (primary N) is 1. The van der Waals surface area contributed by atoms with Crippen molar-refractivity contribution in [3.05, 3.63) is 47.3 Å². The van der Waals surface area contributed by atoms with Crippen LogP contribution < -0.4 is 55.9 Å². The van der Waals surface area contributed by atoms with Crippen LogP contribution in [0.4, 0.5) is 16.4 Å². The van der Waals surface area contributed by atoms with Crippen molar-refractivity contribution in [1.29, 1.82) is 0 Å². The molecule has 0 saturated carbocycles. The van der Waals surface area contributed by atoms with E-state index in [0.29, 0.717) is 10.7 Å². The number of rotatable bonds is 10. The summed E-state index contributed by atoms with van der Waals surface area (Å²) in [5.74, 6) is -3.54. The van der Waals surface area contributed by atoms with E-state index in [4.69, 9.17) is 5.73 Å². The van der Waals surface area contributed by atoms with Crippen molar-refractivity contribution in [3.8, 4) is 11.6 Å². The third kappa shape index (κ3) is 6.64. The number of carboxylic acid groups (broad SMARTS) is 1. The number of benzene rings is 1. The second-order valence-electron chi connectivity index (χ2n) is 9.36. The van der Waals surface area contributed by atoms with Gasteiger partial charge in [-0.15, -0.1) is 16.9 Å². The second kappa shape index (κ2) is 13.9. The Hall–Kier alpha value is -4.11. The minimum Gasteiger partial charge on any atom is -0.543 e. The van der Waals surface area contributed by atoms with Gasteiger partial charge < -0.3 is 36.5 Å². The molecule has 3 atom stereocenters. The molecule has 0 bridgehead atoms. The maximum absolute atomic E-state index is 13.8. The molecule has 21 heteroatoms. The van der Waals surface area contributed by atoms with Gasteiger partial charge in [-0.05, 0) is 33.7 Å². The Morgan fingerprint density at radius 1 is 1.27 bits per heavy atom. The zero-order valence-electron chi connectivity index (χ0n) is 23.9. The number of hydrogen-bond donors (Lipinski definition) is 5. The quantitative estimate of drug-likeness (QED) is 0.0774. The van der Waals surface area contributed by atoms with Crippen LogP contribution in [0.1, 0.15) is 11.6 Å². The number of nitrogens with zero attached hydrogens (tertiary/aromatic N) is 8. The zero-order valence-corrected chi connectivity index (χ0v) is 27.6. The number of phenols is 1. The number of carboxylic acids is 1. The number of aromatic hydroxyl groups is 2. The molecule has 5 rings (SSSR count).